The van der Waals surface area contributed by atoms with Crippen molar-refractivity contribution in [3.05, 3.63) is 60.7 Å². The molecule has 7 nitrogen and oxygen atoms in total. The number of nitrogens with zero attached hydrogens (tertiary/aromatic N) is 6. The number of hydrogen-bond acceptors (Lipinski definition) is 5. The summed E-state index contributed by atoms with van der Waals surface area (Å²) in [6, 6.07) is 3.04. The highest BCUT2D eigenvalue weighted by Gasteiger charge is 2.34. The van der Waals surface area contributed by atoms with Gasteiger partial charge in [0.05, 0.1) is 13.1 Å². The minimum absolute atomic E-state index is 0.0254. The molecule has 1 aromatic carbocycles. The van der Waals surface area contributed by atoms with Gasteiger partial charge in [-0.05, 0) is 6.07 Å². The zero-order valence-corrected chi connectivity index (χ0v) is 11.3. The van der Waals surface area contributed by atoms with Crippen molar-refractivity contribution in [3.8, 4) is 0 Å². The van der Waals surface area contributed by atoms with Crippen molar-refractivity contribution in [2.24, 2.45) is 0 Å². The van der Waals surface area contributed by atoms with Gasteiger partial charge in [0, 0.05) is 11.6 Å². The molecular formula is C13H12F2N6O. The van der Waals surface area contributed by atoms with Gasteiger partial charge in [0.15, 0.2) is 0 Å². The first-order valence-corrected chi connectivity index (χ1v) is 6.39. The molecule has 0 aliphatic carbocycles. The molecule has 0 bridgehead atoms. The van der Waals surface area contributed by atoms with E-state index in [9.17, 15) is 13.9 Å². The molecule has 3 rings (SSSR count). The van der Waals surface area contributed by atoms with Crippen LogP contribution in [-0.4, -0.2) is 34.6 Å². The van der Waals surface area contributed by atoms with Crippen LogP contribution in [0.4, 0.5) is 8.78 Å². The van der Waals surface area contributed by atoms with E-state index in [2.05, 4.69) is 20.3 Å². The third kappa shape index (κ3) is 2.84. The van der Waals surface area contributed by atoms with Gasteiger partial charge in [0.2, 0.25) is 0 Å². The van der Waals surface area contributed by atoms with Gasteiger partial charge in [-0.2, -0.15) is 5.10 Å². The van der Waals surface area contributed by atoms with E-state index in [1.807, 2.05) is 0 Å². The van der Waals surface area contributed by atoms with Gasteiger partial charge in [-0.1, -0.05) is 6.07 Å². The maximum Gasteiger partial charge on any atom is 0.137 e. The second kappa shape index (κ2) is 5.60. The molecule has 0 saturated carbocycles. The molecule has 1 N–H and O–H groups in total. The van der Waals surface area contributed by atoms with Crippen molar-refractivity contribution in [1.82, 2.24) is 29.5 Å². The number of hydrogen-bond donors (Lipinski definition) is 1. The van der Waals surface area contributed by atoms with Crippen molar-refractivity contribution in [2.75, 3.05) is 0 Å². The molecule has 0 aliphatic heterocycles. The fourth-order valence-corrected chi connectivity index (χ4v) is 2.28. The van der Waals surface area contributed by atoms with Crippen molar-refractivity contribution in [2.45, 2.75) is 18.7 Å². The normalized spacial score (nSPS) is 14.0. The third-order valence-corrected chi connectivity index (χ3v) is 3.23. The lowest BCUT2D eigenvalue weighted by molar-refractivity contribution is -0.00554. The predicted molar refractivity (Wildman–Crippen MR) is 70.3 cm³/mol. The summed E-state index contributed by atoms with van der Waals surface area (Å²) in [4.78, 5) is 3.79. The fourth-order valence-electron chi connectivity index (χ4n) is 2.28. The van der Waals surface area contributed by atoms with Crippen LogP contribution in [0.2, 0.25) is 0 Å². The summed E-state index contributed by atoms with van der Waals surface area (Å²) in [5, 5.41) is 22.2. The summed E-state index contributed by atoms with van der Waals surface area (Å²) in [7, 11) is 0. The Bertz CT molecular complexity index is 708. The maximum atomic E-state index is 14.1. The number of aliphatic hydroxyl groups is 1. The first-order chi connectivity index (χ1) is 10.6. The van der Waals surface area contributed by atoms with Crippen LogP contribution in [-0.2, 0) is 18.7 Å². The monoisotopic (exact) mass is 306 g/mol. The van der Waals surface area contributed by atoms with Crippen LogP contribution in [0.1, 0.15) is 5.56 Å². The van der Waals surface area contributed by atoms with Gasteiger partial charge in [0.1, 0.15) is 42.5 Å². The second-order valence-electron chi connectivity index (χ2n) is 4.88. The van der Waals surface area contributed by atoms with Gasteiger partial charge in [-0.3, -0.25) is 0 Å². The summed E-state index contributed by atoms with van der Waals surface area (Å²) in [5.74, 6) is -1.55. The van der Waals surface area contributed by atoms with Crippen LogP contribution in [0.3, 0.4) is 0 Å². The van der Waals surface area contributed by atoms with E-state index in [1.165, 1.54) is 40.6 Å². The molecule has 3 aromatic rings. The fraction of sp³-hybridized carbons (Fsp3) is 0.231. The van der Waals surface area contributed by atoms with Crippen LogP contribution in [0.25, 0.3) is 0 Å². The van der Waals surface area contributed by atoms with Crippen molar-refractivity contribution >= 4 is 0 Å². The van der Waals surface area contributed by atoms with E-state index in [1.54, 1.807) is 0 Å². The highest BCUT2D eigenvalue weighted by molar-refractivity contribution is 5.25. The highest BCUT2D eigenvalue weighted by Crippen LogP contribution is 2.28. The molecule has 0 aliphatic rings. The van der Waals surface area contributed by atoms with E-state index in [0.29, 0.717) is 0 Å². The third-order valence-electron chi connectivity index (χ3n) is 3.23. The molecule has 1 unspecified atom stereocenters. The first kappa shape index (κ1) is 14.3. The standard InChI is InChI=1S/C13H12F2N6O/c14-10-1-2-11(12(15)3-10)13(22,4-20-8-17-18-9-20)5-21-7-16-6-19-21/h1-3,6-9,22H,4-5H2. The zero-order valence-electron chi connectivity index (χ0n) is 11.3. The van der Waals surface area contributed by atoms with E-state index in [4.69, 9.17) is 0 Å². The second-order valence-corrected chi connectivity index (χ2v) is 4.88. The Kier molecular flexibility index (Phi) is 3.63. The Morgan fingerprint density at radius 2 is 1.86 bits per heavy atom. The van der Waals surface area contributed by atoms with Gasteiger partial charge < -0.3 is 9.67 Å². The number of aromatic nitrogens is 6. The molecular weight excluding hydrogens is 294 g/mol. The molecule has 114 valence electrons. The lowest BCUT2D eigenvalue weighted by atomic mass is 9.93. The predicted octanol–water partition coefficient (Wildman–Crippen LogP) is 0.736. The number of halogens is 2. The van der Waals surface area contributed by atoms with Crippen LogP contribution < -0.4 is 0 Å². The van der Waals surface area contributed by atoms with Gasteiger partial charge in [-0.15, -0.1) is 10.2 Å². The van der Waals surface area contributed by atoms with Crippen molar-refractivity contribution < 1.29 is 13.9 Å². The van der Waals surface area contributed by atoms with Crippen molar-refractivity contribution in [3.63, 3.8) is 0 Å². The first-order valence-electron chi connectivity index (χ1n) is 6.39. The summed E-state index contributed by atoms with van der Waals surface area (Å²) in [6.07, 6.45) is 5.50. The highest BCUT2D eigenvalue weighted by atomic mass is 19.1. The summed E-state index contributed by atoms with van der Waals surface area (Å²) >= 11 is 0. The maximum absolute atomic E-state index is 14.1. The average Bonchev–Trinajstić information content (AvgIpc) is 3.12. The van der Waals surface area contributed by atoms with Crippen LogP contribution in [0.15, 0.2) is 43.5 Å². The lowest BCUT2D eigenvalue weighted by Gasteiger charge is -2.29. The van der Waals surface area contributed by atoms with E-state index in [0.717, 1.165) is 12.1 Å². The Morgan fingerprint density at radius 1 is 1.09 bits per heavy atom. The van der Waals surface area contributed by atoms with Crippen LogP contribution in [0.5, 0.6) is 0 Å². The molecule has 0 fully saturated rings. The summed E-state index contributed by atoms with van der Waals surface area (Å²) < 4.78 is 30.1. The molecule has 0 saturated heterocycles. The quantitative estimate of drug-likeness (QED) is 0.752. The Hall–Kier alpha value is -2.68. The molecule has 22 heavy (non-hydrogen) atoms. The van der Waals surface area contributed by atoms with Crippen molar-refractivity contribution in [1.29, 1.82) is 0 Å². The van der Waals surface area contributed by atoms with E-state index >= 15 is 0 Å². The Morgan fingerprint density at radius 3 is 2.50 bits per heavy atom. The molecule has 0 amide bonds. The van der Waals surface area contributed by atoms with Crippen LogP contribution in [0, 0.1) is 11.6 Å². The smallest absolute Gasteiger partial charge is 0.137 e. The van der Waals surface area contributed by atoms with Crippen LogP contribution >= 0.6 is 0 Å². The minimum Gasteiger partial charge on any atom is -0.381 e. The Balaban J connectivity index is 2.01. The van der Waals surface area contributed by atoms with Gasteiger partial charge in [0.25, 0.3) is 0 Å². The largest absolute Gasteiger partial charge is 0.381 e. The van der Waals surface area contributed by atoms with Gasteiger partial charge in [-0.25, -0.2) is 18.4 Å². The minimum atomic E-state index is -1.67. The summed E-state index contributed by atoms with van der Waals surface area (Å²) in [5.41, 5.74) is -1.72. The zero-order chi connectivity index (χ0) is 15.6. The number of rotatable bonds is 5. The summed E-state index contributed by atoms with van der Waals surface area (Å²) in [6.45, 7) is -0.0872. The average molecular weight is 306 g/mol. The topological polar surface area (TPSA) is 81.6 Å². The van der Waals surface area contributed by atoms with E-state index < -0.39 is 17.2 Å². The molecule has 0 radical (unpaired) electrons. The molecule has 9 heteroatoms. The molecule has 2 heterocycles. The Labute approximate surface area is 123 Å². The van der Waals surface area contributed by atoms with Gasteiger partial charge >= 0.3 is 0 Å². The SMILES string of the molecule is OC(Cn1cnnc1)(Cn1cncn1)c1ccc(F)cc1F. The lowest BCUT2D eigenvalue weighted by Crippen LogP contribution is -2.37. The molecule has 0 spiro atoms. The van der Waals surface area contributed by atoms with E-state index in [-0.39, 0.29) is 18.7 Å². The number of benzene rings is 1. The molecule has 1 atom stereocenters. The molecule has 2 aromatic heterocycles.